The predicted octanol–water partition coefficient (Wildman–Crippen LogP) is 2.35. The fourth-order valence-electron chi connectivity index (χ4n) is 1.38. The predicted molar refractivity (Wildman–Crippen MR) is 61.1 cm³/mol. The zero-order valence-electron chi connectivity index (χ0n) is 7.79. The molecule has 1 nitrogen and oxygen atoms in total. The first-order valence-corrected chi connectivity index (χ1v) is 7.00. The molecule has 0 radical (unpaired) electrons. The van der Waals surface area contributed by atoms with E-state index in [-0.39, 0.29) is 0 Å². The highest BCUT2D eigenvalue weighted by Crippen LogP contribution is 2.27. The van der Waals surface area contributed by atoms with Crippen LogP contribution in [0.25, 0.3) is 0 Å². The maximum atomic E-state index is 6.10. The van der Waals surface area contributed by atoms with Crippen LogP contribution in [0, 0.1) is 0 Å². The van der Waals surface area contributed by atoms with Crippen LogP contribution in [0.3, 0.4) is 0 Å². The Morgan fingerprint density at radius 1 is 1.50 bits per heavy atom. The van der Waals surface area contributed by atoms with Crippen molar-refractivity contribution in [3.8, 4) is 0 Å². The van der Waals surface area contributed by atoms with Crippen LogP contribution in [0.1, 0.15) is 26.2 Å². The summed E-state index contributed by atoms with van der Waals surface area (Å²) in [7, 11) is 0. The standard InChI is InChI=1S/C9H19NS2/c1-2-3-4-8(10)9-7-11-5-6-12-9/h8-9H,2-7,10H2,1H3. The molecule has 0 aromatic heterocycles. The van der Waals surface area contributed by atoms with E-state index >= 15 is 0 Å². The van der Waals surface area contributed by atoms with Crippen molar-refractivity contribution in [1.29, 1.82) is 0 Å². The minimum atomic E-state index is 0.447. The van der Waals surface area contributed by atoms with Gasteiger partial charge in [-0.2, -0.15) is 23.5 Å². The fraction of sp³-hybridized carbons (Fsp3) is 1.00. The third-order valence-corrected chi connectivity index (χ3v) is 5.15. The Kier molecular flexibility index (Phi) is 5.52. The van der Waals surface area contributed by atoms with Crippen LogP contribution in [0.5, 0.6) is 0 Å². The molecule has 2 atom stereocenters. The summed E-state index contributed by atoms with van der Waals surface area (Å²) in [6.07, 6.45) is 3.79. The molecule has 0 spiro atoms. The summed E-state index contributed by atoms with van der Waals surface area (Å²) in [5.74, 6) is 3.90. The summed E-state index contributed by atoms with van der Waals surface area (Å²) in [5.41, 5.74) is 6.10. The Balaban J connectivity index is 2.15. The maximum absolute atomic E-state index is 6.10. The monoisotopic (exact) mass is 205 g/mol. The first-order chi connectivity index (χ1) is 5.84. The SMILES string of the molecule is CCCCC(N)C1CSCCS1. The molecule has 1 aliphatic heterocycles. The normalized spacial score (nSPS) is 27.0. The second-order valence-corrected chi connectivity index (χ2v) is 5.79. The van der Waals surface area contributed by atoms with E-state index < -0.39 is 0 Å². The molecule has 0 saturated carbocycles. The summed E-state index contributed by atoms with van der Waals surface area (Å²) in [4.78, 5) is 0. The summed E-state index contributed by atoms with van der Waals surface area (Å²) in [6, 6.07) is 0.447. The van der Waals surface area contributed by atoms with E-state index in [1.165, 1.54) is 36.5 Å². The Morgan fingerprint density at radius 3 is 2.92 bits per heavy atom. The fourth-order valence-corrected chi connectivity index (χ4v) is 4.24. The molecule has 1 rings (SSSR count). The lowest BCUT2D eigenvalue weighted by atomic mass is 10.1. The molecule has 2 unspecified atom stereocenters. The van der Waals surface area contributed by atoms with E-state index in [4.69, 9.17) is 5.73 Å². The van der Waals surface area contributed by atoms with Crippen molar-refractivity contribution in [3.05, 3.63) is 0 Å². The molecule has 1 aliphatic rings. The van der Waals surface area contributed by atoms with Gasteiger partial charge in [-0.25, -0.2) is 0 Å². The van der Waals surface area contributed by atoms with Crippen molar-refractivity contribution < 1.29 is 0 Å². The van der Waals surface area contributed by atoms with Gasteiger partial charge in [0.15, 0.2) is 0 Å². The lowest BCUT2D eigenvalue weighted by Crippen LogP contribution is -2.36. The highest BCUT2D eigenvalue weighted by Gasteiger charge is 2.20. The summed E-state index contributed by atoms with van der Waals surface area (Å²) < 4.78 is 0. The Hall–Kier alpha value is 0.660. The minimum absolute atomic E-state index is 0.447. The number of nitrogens with two attached hydrogens (primary N) is 1. The molecular formula is C9H19NS2. The zero-order valence-corrected chi connectivity index (χ0v) is 9.42. The number of thioether (sulfide) groups is 2. The Labute approximate surface area is 84.2 Å². The van der Waals surface area contributed by atoms with Crippen LogP contribution in [-0.4, -0.2) is 28.6 Å². The zero-order chi connectivity index (χ0) is 8.81. The van der Waals surface area contributed by atoms with Crippen LogP contribution < -0.4 is 5.73 Å². The molecule has 0 aromatic carbocycles. The second kappa shape index (κ2) is 6.17. The van der Waals surface area contributed by atoms with Gasteiger partial charge in [-0.15, -0.1) is 0 Å². The molecular weight excluding hydrogens is 186 g/mol. The number of rotatable bonds is 4. The van der Waals surface area contributed by atoms with E-state index in [9.17, 15) is 0 Å². The average Bonchev–Trinajstić information content (AvgIpc) is 2.15. The molecule has 72 valence electrons. The molecule has 0 aromatic rings. The smallest absolute Gasteiger partial charge is 0.0289 e. The molecule has 0 amide bonds. The highest BCUT2D eigenvalue weighted by molar-refractivity contribution is 8.06. The van der Waals surface area contributed by atoms with Gasteiger partial charge in [-0.05, 0) is 6.42 Å². The van der Waals surface area contributed by atoms with Crippen molar-refractivity contribution in [1.82, 2.24) is 0 Å². The van der Waals surface area contributed by atoms with Crippen LogP contribution in [0.4, 0.5) is 0 Å². The van der Waals surface area contributed by atoms with Gasteiger partial charge in [0.2, 0.25) is 0 Å². The van der Waals surface area contributed by atoms with E-state index in [2.05, 4.69) is 30.4 Å². The van der Waals surface area contributed by atoms with Gasteiger partial charge in [0.1, 0.15) is 0 Å². The third-order valence-electron chi connectivity index (χ3n) is 2.21. The maximum Gasteiger partial charge on any atom is 0.0289 e. The van der Waals surface area contributed by atoms with Crippen molar-refractivity contribution in [2.75, 3.05) is 17.3 Å². The topological polar surface area (TPSA) is 26.0 Å². The Morgan fingerprint density at radius 2 is 2.33 bits per heavy atom. The molecule has 1 saturated heterocycles. The van der Waals surface area contributed by atoms with Crippen LogP contribution in [-0.2, 0) is 0 Å². The van der Waals surface area contributed by atoms with Gasteiger partial charge < -0.3 is 5.73 Å². The van der Waals surface area contributed by atoms with Crippen molar-refractivity contribution in [2.45, 2.75) is 37.5 Å². The molecule has 0 bridgehead atoms. The van der Waals surface area contributed by atoms with E-state index in [1.54, 1.807) is 0 Å². The quantitative estimate of drug-likeness (QED) is 0.763. The summed E-state index contributed by atoms with van der Waals surface area (Å²) in [6.45, 7) is 2.23. The van der Waals surface area contributed by atoms with Crippen LogP contribution in [0.2, 0.25) is 0 Å². The van der Waals surface area contributed by atoms with Gasteiger partial charge in [0.25, 0.3) is 0 Å². The van der Waals surface area contributed by atoms with Gasteiger partial charge in [-0.3, -0.25) is 0 Å². The number of hydrogen-bond acceptors (Lipinski definition) is 3. The van der Waals surface area contributed by atoms with Gasteiger partial charge in [-0.1, -0.05) is 19.8 Å². The largest absolute Gasteiger partial charge is 0.327 e. The van der Waals surface area contributed by atoms with Gasteiger partial charge in [0, 0.05) is 28.6 Å². The molecule has 2 N–H and O–H groups in total. The van der Waals surface area contributed by atoms with Gasteiger partial charge in [0.05, 0.1) is 0 Å². The summed E-state index contributed by atoms with van der Waals surface area (Å²) in [5, 5.41) is 0.732. The van der Waals surface area contributed by atoms with Crippen molar-refractivity contribution in [2.24, 2.45) is 5.73 Å². The summed E-state index contributed by atoms with van der Waals surface area (Å²) >= 11 is 4.14. The first kappa shape index (κ1) is 10.7. The molecule has 1 heterocycles. The average molecular weight is 205 g/mol. The van der Waals surface area contributed by atoms with Crippen LogP contribution in [0.15, 0.2) is 0 Å². The van der Waals surface area contributed by atoms with E-state index in [1.807, 2.05) is 0 Å². The molecule has 0 aliphatic carbocycles. The van der Waals surface area contributed by atoms with E-state index in [0.717, 1.165) is 5.25 Å². The molecule has 12 heavy (non-hydrogen) atoms. The first-order valence-electron chi connectivity index (χ1n) is 4.79. The number of unbranched alkanes of at least 4 members (excludes halogenated alkanes) is 1. The molecule has 3 heteroatoms. The lowest BCUT2D eigenvalue weighted by molar-refractivity contribution is 0.574. The number of hydrogen-bond donors (Lipinski definition) is 1. The third kappa shape index (κ3) is 3.58. The van der Waals surface area contributed by atoms with Gasteiger partial charge >= 0.3 is 0 Å². The Bertz CT molecular complexity index is 113. The second-order valence-electron chi connectivity index (χ2n) is 3.29. The van der Waals surface area contributed by atoms with Crippen molar-refractivity contribution >= 4 is 23.5 Å². The molecule has 1 fully saturated rings. The van der Waals surface area contributed by atoms with E-state index in [0.29, 0.717) is 6.04 Å². The lowest BCUT2D eigenvalue weighted by Gasteiger charge is -2.26. The van der Waals surface area contributed by atoms with Crippen LogP contribution >= 0.6 is 23.5 Å². The minimum Gasteiger partial charge on any atom is -0.327 e. The van der Waals surface area contributed by atoms with Crippen molar-refractivity contribution in [3.63, 3.8) is 0 Å². The highest BCUT2D eigenvalue weighted by atomic mass is 32.2.